The molecular formula is C17H30N4. The fourth-order valence-corrected chi connectivity index (χ4v) is 2.06. The van der Waals surface area contributed by atoms with E-state index in [2.05, 4.69) is 71.8 Å². The van der Waals surface area contributed by atoms with Crippen LogP contribution in [-0.2, 0) is 0 Å². The summed E-state index contributed by atoms with van der Waals surface area (Å²) < 4.78 is 0. The number of nitrogens with one attached hydrogen (secondary N) is 2. The number of rotatable bonds is 9. The van der Waals surface area contributed by atoms with Crippen LogP contribution in [0.2, 0.25) is 0 Å². The van der Waals surface area contributed by atoms with Crippen LogP contribution in [0.5, 0.6) is 0 Å². The average Bonchev–Trinajstić information content (AvgIpc) is 2.52. The minimum Gasteiger partial charge on any atom is -0.375 e. The lowest BCUT2D eigenvalue weighted by Gasteiger charge is -2.19. The quantitative estimate of drug-likeness (QED) is 0.417. The molecule has 0 atom stereocenters. The van der Waals surface area contributed by atoms with Crippen molar-refractivity contribution < 1.29 is 0 Å². The summed E-state index contributed by atoms with van der Waals surface area (Å²) >= 11 is 0. The highest BCUT2D eigenvalue weighted by molar-refractivity contribution is 5.79. The van der Waals surface area contributed by atoms with Gasteiger partial charge in [-0.3, -0.25) is 4.99 Å². The Hall–Kier alpha value is -1.71. The molecule has 0 saturated carbocycles. The highest BCUT2D eigenvalue weighted by Crippen LogP contribution is 2.11. The van der Waals surface area contributed by atoms with Crippen LogP contribution in [0.4, 0.5) is 5.69 Å². The molecule has 2 N–H and O–H groups in total. The van der Waals surface area contributed by atoms with Gasteiger partial charge in [-0.2, -0.15) is 0 Å². The number of unbranched alkanes of at least 4 members (excludes halogenated alkanes) is 1. The van der Waals surface area contributed by atoms with E-state index < -0.39 is 0 Å². The molecule has 0 unspecified atom stereocenters. The zero-order valence-corrected chi connectivity index (χ0v) is 13.7. The van der Waals surface area contributed by atoms with E-state index in [-0.39, 0.29) is 0 Å². The van der Waals surface area contributed by atoms with Crippen molar-refractivity contribution in [3.8, 4) is 0 Å². The van der Waals surface area contributed by atoms with Crippen molar-refractivity contribution in [2.24, 2.45) is 4.99 Å². The fourth-order valence-electron chi connectivity index (χ4n) is 2.06. The largest absolute Gasteiger partial charge is 0.375 e. The van der Waals surface area contributed by atoms with Crippen LogP contribution in [0.25, 0.3) is 0 Å². The maximum Gasteiger partial charge on any atom is 0.191 e. The van der Waals surface area contributed by atoms with Gasteiger partial charge >= 0.3 is 0 Å². The number of hydrogen-bond acceptors (Lipinski definition) is 2. The van der Waals surface area contributed by atoms with E-state index in [0.717, 1.165) is 45.0 Å². The predicted octanol–water partition coefficient (Wildman–Crippen LogP) is 2.87. The lowest BCUT2D eigenvalue weighted by atomic mass is 10.2. The average molecular weight is 290 g/mol. The third kappa shape index (κ3) is 7.59. The molecule has 0 aromatic heterocycles. The molecule has 21 heavy (non-hydrogen) atoms. The van der Waals surface area contributed by atoms with E-state index in [1.54, 1.807) is 0 Å². The van der Waals surface area contributed by atoms with Gasteiger partial charge in [0.25, 0.3) is 0 Å². The van der Waals surface area contributed by atoms with Crippen molar-refractivity contribution in [1.29, 1.82) is 0 Å². The molecule has 0 saturated heterocycles. The Bertz CT molecular complexity index is 389. The number of guanidine groups is 1. The molecule has 118 valence electrons. The zero-order chi connectivity index (χ0) is 15.3. The van der Waals surface area contributed by atoms with E-state index in [1.165, 1.54) is 12.1 Å². The molecule has 0 spiro atoms. The molecular weight excluding hydrogens is 260 g/mol. The van der Waals surface area contributed by atoms with E-state index in [4.69, 9.17) is 0 Å². The summed E-state index contributed by atoms with van der Waals surface area (Å²) in [7, 11) is 2.15. The monoisotopic (exact) mass is 290 g/mol. The van der Waals surface area contributed by atoms with Crippen molar-refractivity contribution in [1.82, 2.24) is 10.6 Å². The zero-order valence-electron chi connectivity index (χ0n) is 13.7. The third-order valence-corrected chi connectivity index (χ3v) is 3.25. The molecule has 0 radical (unpaired) electrons. The number of aliphatic imine (C=N–C) groups is 1. The van der Waals surface area contributed by atoms with Crippen LogP contribution in [0.1, 0.15) is 33.1 Å². The van der Waals surface area contributed by atoms with Crippen LogP contribution < -0.4 is 15.5 Å². The van der Waals surface area contributed by atoms with Crippen molar-refractivity contribution in [2.45, 2.75) is 33.1 Å². The molecule has 1 aromatic rings. The molecule has 0 amide bonds. The number of benzene rings is 1. The van der Waals surface area contributed by atoms with Gasteiger partial charge in [-0.1, -0.05) is 25.1 Å². The van der Waals surface area contributed by atoms with E-state index >= 15 is 0 Å². The molecule has 0 aliphatic rings. The van der Waals surface area contributed by atoms with Gasteiger partial charge in [0.2, 0.25) is 0 Å². The van der Waals surface area contributed by atoms with Gasteiger partial charge in [-0.15, -0.1) is 0 Å². The second kappa shape index (κ2) is 11.0. The summed E-state index contributed by atoms with van der Waals surface area (Å²) in [4.78, 5) is 6.80. The SMILES string of the molecule is CCCN=C(NCC)NCCCCN(C)c1ccccc1. The van der Waals surface area contributed by atoms with Gasteiger partial charge in [-0.25, -0.2) is 0 Å². The third-order valence-electron chi connectivity index (χ3n) is 3.25. The first-order chi connectivity index (χ1) is 10.3. The summed E-state index contributed by atoms with van der Waals surface area (Å²) in [5, 5.41) is 6.66. The number of anilines is 1. The molecule has 0 aliphatic heterocycles. The maximum atomic E-state index is 4.50. The summed E-state index contributed by atoms with van der Waals surface area (Å²) in [5.41, 5.74) is 1.28. The van der Waals surface area contributed by atoms with Gasteiger partial charge in [0, 0.05) is 38.9 Å². The van der Waals surface area contributed by atoms with Crippen LogP contribution >= 0.6 is 0 Å². The Labute approximate surface area is 129 Å². The Morgan fingerprint density at radius 1 is 1.10 bits per heavy atom. The number of para-hydroxylation sites is 1. The molecule has 0 fully saturated rings. The van der Waals surface area contributed by atoms with Crippen LogP contribution in [-0.4, -0.2) is 39.2 Å². The maximum absolute atomic E-state index is 4.50. The van der Waals surface area contributed by atoms with E-state index in [9.17, 15) is 0 Å². The first-order valence-corrected chi connectivity index (χ1v) is 8.06. The molecule has 4 nitrogen and oxygen atoms in total. The van der Waals surface area contributed by atoms with E-state index in [0.29, 0.717) is 0 Å². The van der Waals surface area contributed by atoms with Crippen molar-refractivity contribution in [2.75, 3.05) is 38.1 Å². The molecule has 4 heteroatoms. The van der Waals surface area contributed by atoms with E-state index in [1.807, 2.05) is 0 Å². The minimum atomic E-state index is 0.881. The van der Waals surface area contributed by atoms with Gasteiger partial charge in [0.15, 0.2) is 5.96 Å². The molecule has 0 aliphatic carbocycles. The first-order valence-electron chi connectivity index (χ1n) is 8.06. The molecule has 1 aromatic carbocycles. The van der Waals surface area contributed by atoms with Gasteiger partial charge in [-0.05, 0) is 38.3 Å². The lowest BCUT2D eigenvalue weighted by molar-refractivity contribution is 0.686. The molecule has 1 rings (SSSR count). The molecule has 0 heterocycles. The fraction of sp³-hybridized carbons (Fsp3) is 0.588. The summed E-state index contributed by atoms with van der Waals surface area (Å²) in [6, 6.07) is 10.5. The van der Waals surface area contributed by atoms with Crippen molar-refractivity contribution in [3.63, 3.8) is 0 Å². The van der Waals surface area contributed by atoms with Crippen LogP contribution in [0, 0.1) is 0 Å². The number of nitrogens with zero attached hydrogens (tertiary/aromatic N) is 2. The molecule has 0 bridgehead atoms. The Morgan fingerprint density at radius 3 is 2.52 bits per heavy atom. The number of hydrogen-bond donors (Lipinski definition) is 2. The normalized spacial score (nSPS) is 11.3. The highest BCUT2D eigenvalue weighted by Gasteiger charge is 2.00. The summed E-state index contributed by atoms with van der Waals surface area (Å²) in [5.74, 6) is 0.941. The standard InChI is InChI=1S/C17H30N4/c1-4-13-19-17(18-5-2)20-14-9-10-15-21(3)16-11-7-6-8-12-16/h6-8,11-12H,4-5,9-10,13-15H2,1-3H3,(H2,18,19,20). The smallest absolute Gasteiger partial charge is 0.191 e. The predicted molar refractivity (Wildman–Crippen MR) is 93.2 cm³/mol. The van der Waals surface area contributed by atoms with Gasteiger partial charge in [0.05, 0.1) is 0 Å². The highest BCUT2D eigenvalue weighted by atomic mass is 15.2. The Balaban J connectivity index is 2.18. The summed E-state index contributed by atoms with van der Waals surface area (Å²) in [6.45, 7) is 8.08. The van der Waals surface area contributed by atoms with Crippen LogP contribution in [0.3, 0.4) is 0 Å². The lowest BCUT2D eigenvalue weighted by Crippen LogP contribution is -2.38. The minimum absolute atomic E-state index is 0.881. The summed E-state index contributed by atoms with van der Waals surface area (Å²) in [6.07, 6.45) is 3.40. The van der Waals surface area contributed by atoms with Crippen LogP contribution in [0.15, 0.2) is 35.3 Å². The second-order valence-corrected chi connectivity index (χ2v) is 5.15. The van der Waals surface area contributed by atoms with Gasteiger partial charge in [0.1, 0.15) is 0 Å². The van der Waals surface area contributed by atoms with Gasteiger partial charge < -0.3 is 15.5 Å². The Morgan fingerprint density at radius 2 is 1.86 bits per heavy atom. The second-order valence-electron chi connectivity index (χ2n) is 5.15. The Kier molecular flexibility index (Phi) is 9.09. The van der Waals surface area contributed by atoms with Crippen molar-refractivity contribution in [3.05, 3.63) is 30.3 Å². The first kappa shape index (κ1) is 17.3. The van der Waals surface area contributed by atoms with Crippen molar-refractivity contribution >= 4 is 11.6 Å². The topological polar surface area (TPSA) is 39.7 Å².